The van der Waals surface area contributed by atoms with Gasteiger partial charge in [0.15, 0.2) is 0 Å². The Morgan fingerprint density at radius 1 is 1.12 bits per heavy atom. The fraction of sp³-hybridized carbons (Fsp3) is 0.200. The Kier molecular flexibility index (Phi) is 6.71. The maximum absolute atomic E-state index is 13.7. The molecule has 0 bridgehead atoms. The van der Waals surface area contributed by atoms with Crippen LogP contribution in [0.3, 0.4) is 0 Å². The first kappa shape index (κ1) is 23.5. The molecule has 3 aromatic rings. The van der Waals surface area contributed by atoms with E-state index in [0.717, 1.165) is 29.0 Å². The first-order valence-electron chi connectivity index (χ1n) is 8.92. The van der Waals surface area contributed by atoms with Crippen LogP contribution in [0.5, 0.6) is 0 Å². The first-order valence-corrected chi connectivity index (χ1v) is 9.68. The summed E-state index contributed by atoms with van der Waals surface area (Å²) in [7, 11) is 0. The van der Waals surface area contributed by atoms with Gasteiger partial charge in [0.05, 0.1) is 33.6 Å². The zero-order valence-corrected chi connectivity index (χ0v) is 17.5. The molecule has 0 aliphatic carbocycles. The fourth-order valence-electron chi connectivity index (χ4n) is 3.14. The predicted octanol–water partition coefficient (Wildman–Crippen LogP) is 4.53. The Morgan fingerprint density at radius 3 is 2.44 bits per heavy atom. The molecule has 6 nitrogen and oxygen atoms in total. The van der Waals surface area contributed by atoms with Gasteiger partial charge >= 0.3 is 11.9 Å². The second-order valence-corrected chi connectivity index (χ2v) is 7.44. The highest BCUT2D eigenvalue weighted by Crippen LogP contribution is 2.29. The van der Waals surface area contributed by atoms with Gasteiger partial charge in [0.1, 0.15) is 12.4 Å². The largest absolute Gasteiger partial charge is 0.389 e. The van der Waals surface area contributed by atoms with Gasteiger partial charge in [0, 0.05) is 18.3 Å². The summed E-state index contributed by atoms with van der Waals surface area (Å²) in [6.07, 6.45) is -4.32. The van der Waals surface area contributed by atoms with Crippen molar-refractivity contribution in [3.05, 3.63) is 79.1 Å². The number of benzene rings is 1. The van der Waals surface area contributed by atoms with Crippen LogP contribution in [0.1, 0.15) is 12.1 Å². The minimum Gasteiger partial charge on any atom is -0.283 e. The number of rotatable bonds is 5. The lowest BCUT2D eigenvalue weighted by Gasteiger charge is -2.19. The third-order valence-electron chi connectivity index (χ3n) is 4.48. The van der Waals surface area contributed by atoms with E-state index in [2.05, 4.69) is 4.98 Å². The van der Waals surface area contributed by atoms with Crippen molar-refractivity contribution >= 4 is 23.2 Å². The number of hydrogen-bond donors (Lipinski definition) is 0. The Labute approximate surface area is 187 Å². The molecule has 166 valence electrons. The van der Waals surface area contributed by atoms with Gasteiger partial charge in [-0.15, -0.1) is 0 Å². The van der Waals surface area contributed by atoms with Crippen LogP contribution >= 0.6 is 23.2 Å². The molecule has 0 saturated heterocycles. The van der Waals surface area contributed by atoms with E-state index in [1.165, 1.54) is 12.3 Å². The summed E-state index contributed by atoms with van der Waals surface area (Å²) in [6, 6.07) is 6.12. The standard InChI is InChI=1S/C20H12Cl2F4N4O2/c21-12-8-13(10-28-9-12)30-18(31)17(11-1-2-15(23)14(22)7-11)16(3-4-20(24,25)26)29(6-5-27)19(30)32/h1-2,7-10H,3-4,6H2. The first-order chi connectivity index (χ1) is 15.0. The quantitative estimate of drug-likeness (QED) is 0.496. The lowest BCUT2D eigenvalue weighted by atomic mass is 10.0. The van der Waals surface area contributed by atoms with Crippen molar-refractivity contribution in [3.63, 3.8) is 0 Å². The van der Waals surface area contributed by atoms with Crippen molar-refractivity contribution in [1.29, 1.82) is 5.26 Å². The minimum absolute atomic E-state index is 0.0194. The molecule has 2 aromatic heterocycles. The normalized spacial score (nSPS) is 11.4. The van der Waals surface area contributed by atoms with E-state index in [9.17, 15) is 32.4 Å². The third-order valence-corrected chi connectivity index (χ3v) is 4.98. The van der Waals surface area contributed by atoms with Crippen LogP contribution in [0.15, 0.2) is 46.2 Å². The van der Waals surface area contributed by atoms with Crippen LogP contribution in [0.25, 0.3) is 16.8 Å². The van der Waals surface area contributed by atoms with E-state index < -0.39 is 42.6 Å². The minimum atomic E-state index is -4.60. The lowest BCUT2D eigenvalue weighted by molar-refractivity contribution is -0.134. The number of nitriles is 1. The van der Waals surface area contributed by atoms with Gasteiger partial charge in [-0.3, -0.25) is 14.3 Å². The highest BCUT2D eigenvalue weighted by molar-refractivity contribution is 6.31. The summed E-state index contributed by atoms with van der Waals surface area (Å²) in [5, 5.41) is 8.90. The van der Waals surface area contributed by atoms with Crippen LogP contribution < -0.4 is 11.2 Å². The average molecular weight is 487 g/mol. The summed E-state index contributed by atoms with van der Waals surface area (Å²) < 4.78 is 54.0. The Balaban J connectivity index is 2.44. The Morgan fingerprint density at radius 2 is 1.84 bits per heavy atom. The van der Waals surface area contributed by atoms with Crippen LogP contribution in [0.4, 0.5) is 17.6 Å². The van der Waals surface area contributed by atoms with Gasteiger partial charge in [-0.05, 0) is 30.2 Å². The SMILES string of the molecule is N#CCn1c(CCC(F)(F)F)c(-c2ccc(F)c(Cl)c2)c(=O)n(-c2cncc(Cl)c2)c1=O. The molecule has 0 unspecified atom stereocenters. The molecule has 0 atom stereocenters. The molecule has 32 heavy (non-hydrogen) atoms. The number of pyridine rings is 1. The van der Waals surface area contributed by atoms with Gasteiger partial charge in [0.25, 0.3) is 5.56 Å². The van der Waals surface area contributed by atoms with E-state index in [1.54, 1.807) is 6.07 Å². The highest BCUT2D eigenvalue weighted by atomic mass is 35.5. The van der Waals surface area contributed by atoms with Crippen molar-refractivity contribution < 1.29 is 17.6 Å². The molecular weight excluding hydrogens is 475 g/mol. The summed E-state index contributed by atoms with van der Waals surface area (Å²) in [5.74, 6) is -0.808. The second-order valence-electron chi connectivity index (χ2n) is 6.59. The van der Waals surface area contributed by atoms with E-state index in [-0.39, 0.29) is 32.6 Å². The van der Waals surface area contributed by atoms with E-state index in [4.69, 9.17) is 23.2 Å². The molecule has 3 rings (SSSR count). The molecule has 0 amide bonds. The van der Waals surface area contributed by atoms with Gasteiger partial charge in [-0.2, -0.15) is 18.4 Å². The van der Waals surface area contributed by atoms with Gasteiger partial charge in [0.2, 0.25) is 0 Å². The van der Waals surface area contributed by atoms with E-state index >= 15 is 0 Å². The van der Waals surface area contributed by atoms with E-state index in [0.29, 0.717) is 4.57 Å². The lowest BCUT2D eigenvalue weighted by Crippen LogP contribution is -2.42. The van der Waals surface area contributed by atoms with Gasteiger partial charge in [-0.1, -0.05) is 29.3 Å². The molecule has 0 fully saturated rings. The van der Waals surface area contributed by atoms with E-state index in [1.807, 2.05) is 0 Å². The molecular formula is C20H12Cl2F4N4O2. The summed E-state index contributed by atoms with van der Waals surface area (Å²) in [5.41, 5.74) is -2.77. The van der Waals surface area contributed by atoms with Crippen molar-refractivity contribution in [3.8, 4) is 22.9 Å². The molecule has 0 aliphatic rings. The molecule has 0 aliphatic heterocycles. The molecule has 12 heteroatoms. The van der Waals surface area contributed by atoms with Crippen molar-refractivity contribution in [2.75, 3.05) is 0 Å². The number of hydrogen-bond acceptors (Lipinski definition) is 4. The second kappa shape index (κ2) is 9.14. The van der Waals surface area contributed by atoms with Crippen LogP contribution in [-0.4, -0.2) is 20.3 Å². The zero-order valence-electron chi connectivity index (χ0n) is 16.0. The maximum Gasteiger partial charge on any atom is 0.389 e. The van der Waals surface area contributed by atoms with Crippen LogP contribution in [-0.2, 0) is 13.0 Å². The Bertz CT molecular complexity index is 1340. The average Bonchev–Trinajstić information content (AvgIpc) is 2.70. The molecule has 0 radical (unpaired) electrons. The van der Waals surface area contributed by atoms with Gasteiger partial charge < -0.3 is 0 Å². The number of aromatic nitrogens is 3. The smallest absolute Gasteiger partial charge is 0.283 e. The number of halogens is 6. The molecule has 2 heterocycles. The van der Waals surface area contributed by atoms with Crippen molar-refractivity contribution in [2.24, 2.45) is 0 Å². The molecule has 1 aromatic carbocycles. The molecule has 0 saturated carbocycles. The third kappa shape index (κ3) is 4.84. The molecule has 0 spiro atoms. The van der Waals surface area contributed by atoms with Crippen molar-refractivity contribution in [2.45, 2.75) is 25.6 Å². The zero-order chi connectivity index (χ0) is 23.6. The van der Waals surface area contributed by atoms with Gasteiger partial charge in [-0.25, -0.2) is 13.8 Å². The summed E-state index contributed by atoms with van der Waals surface area (Å²) in [6.45, 7) is -0.637. The maximum atomic E-state index is 13.7. The number of alkyl halides is 3. The van der Waals surface area contributed by atoms with Crippen LogP contribution in [0, 0.1) is 17.1 Å². The Hall–Kier alpha value is -3.16. The fourth-order valence-corrected chi connectivity index (χ4v) is 3.49. The van der Waals surface area contributed by atoms with Crippen LogP contribution in [0.2, 0.25) is 10.0 Å². The topological polar surface area (TPSA) is 80.7 Å². The highest BCUT2D eigenvalue weighted by Gasteiger charge is 2.30. The monoisotopic (exact) mass is 486 g/mol. The van der Waals surface area contributed by atoms with Crippen molar-refractivity contribution in [1.82, 2.24) is 14.1 Å². The molecule has 0 N–H and O–H groups in total. The summed E-state index contributed by atoms with van der Waals surface area (Å²) >= 11 is 11.7. The summed E-state index contributed by atoms with van der Waals surface area (Å²) in [4.78, 5) is 30.3. The number of nitrogens with zero attached hydrogens (tertiary/aromatic N) is 4. The predicted molar refractivity (Wildman–Crippen MR) is 109 cm³/mol.